The molecule has 146 valence electrons. The van der Waals surface area contributed by atoms with Crippen molar-refractivity contribution in [1.82, 2.24) is 14.5 Å². The average Bonchev–Trinajstić information content (AvgIpc) is 3.05. The molecule has 0 aliphatic carbocycles. The predicted octanol–water partition coefficient (Wildman–Crippen LogP) is 4.18. The number of pyridine rings is 1. The van der Waals surface area contributed by atoms with E-state index in [4.69, 9.17) is 9.47 Å². The van der Waals surface area contributed by atoms with Crippen LogP contribution in [-0.4, -0.2) is 27.6 Å². The molecule has 29 heavy (non-hydrogen) atoms. The van der Waals surface area contributed by atoms with E-state index in [0.717, 1.165) is 16.9 Å². The van der Waals surface area contributed by atoms with Gasteiger partial charge in [-0.05, 0) is 37.3 Å². The normalized spacial score (nSPS) is 10.7. The molecular formula is C22H20N4O3. The van der Waals surface area contributed by atoms with E-state index in [1.807, 2.05) is 54.0 Å². The number of hydrogen-bond donors (Lipinski definition) is 1. The van der Waals surface area contributed by atoms with Gasteiger partial charge in [-0.15, -0.1) is 0 Å². The van der Waals surface area contributed by atoms with E-state index in [1.165, 1.54) is 0 Å². The molecule has 0 fully saturated rings. The van der Waals surface area contributed by atoms with Crippen molar-refractivity contribution < 1.29 is 14.3 Å². The van der Waals surface area contributed by atoms with Crippen LogP contribution in [-0.2, 0) is 11.3 Å². The van der Waals surface area contributed by atoms with Gasteiger partial charge < -0.3 is 19.4 Å². The third-order valence-electron chi connectivity index (χ3n) is 4.45. The largest absolute Gasteiger partial charge is 0.493 e. The van der Waals surface area contributed by atoms with E-state index >= 15 is 0 Å². The number of benzene rings is 2. The molecule has 0 radical (unpaired) electrons. The molecule has 0 atom stereocenters. The minimum Gasteiger partial charge on any atom is -0.493 e. The Hall–Kier alpha value is -3.87. The molecule has 0 spiro atoms. The molecule has 2 aromatic heterocycles. The Bertz CT molecular complexity index is 1150. The van der Waals surface area contributed by atoms with Gasteiger partial charge in [0.05, 0.1) is 30.0 Å². The van der Waals surface area contributed by atoms with E-state index in [0.29, 0.717) is 23.1 Å². The van der Waals surface area contributed by atoms with Crippen LogP contribution in [0.2, 0.25) is 0 Å². The van der Waals surface area contributed by atoms with Gasteiger partial charge >= 0.3 is 0 Å². The molecule has 0 bridgehead atoms. The number of anilines is 1. The smallest absolute Gasteiger partial charge is 0.244 e. The number of nitrogens with zero attached hydrogens (tertiary/aromatic N) is 3. The molecule has 1 amide bonds. The van der Waals surface area contributed by atoms with Gasteiger partial charge in [-0.2, -0.15) is 0 Å². The van der Waals surface area contributed by atoms with Crippen LogP contribution in [0.4, 0.5) is 5.69 Å². The molecule has 0 aliphatic heterocycles. The van der Waals surface area contributed by atoms with Gasteiger partial charge in [-0.25, -0.2) is 9.97 Å². The van der Waals surface area contributed by atoms with Crippen LogP contribution >= 0.6 is 0 Å². The highest BCUT2D eigenvalue weighted by Crippen LogP contribution is 2.30. The lowest BCUT2D eigenvalue weighted by Gasteiger charge is -2.10. The van der Waals surface area contributed by atoms with Crippen LogP contribution in [0.5, 0.6) is 17.4 Å². The van der Waals surface area contributed by atoms with Crippen LogP contribution in [0.3, 0.4) is 0 Å². The number of carbonyl (C=O) groups is 1. The highest BCUT2D eigenvalue weighted by atomic mass is 16.5. The number of ether oxygens (including phenoxy) is 2. The lowest BCUT2D eigenvalue weighted by molar-refractivity contribution is -0.116. The Kier molecular flexibility index (Phi) is 5.11. The maximum atomic E-state index is 12.5. The van der Waals surface area contributed by atoms with E-state index < -0.39 is 0 Å². The number of fused-ring (bicyclic) bond motifs is 1. The third kappa shape index (κ3) is 4.03. The Labute approximate surface area is 167 Å². The Morgan fingerprint density at radius 3 is 2.55 bits per heavy atom. The quantitative estimate of drug-likeness (QED) is 0.536. The first-order valence-electron chi connectivity index (χ1n) is 9.12. The molecule has 7 nitrogen and oxygen atoms in total. The van der Waals surface area contributed by atoms with Crippen molar-refractivity contribution in [3.05, 3.63) is 72.7 Å². The van der Waals surface area contributed by atoms with Crippen molar-refractivity contribution >= 4 is 22.6 Å². The molecule has 0 unspecified atom stereocenters. The van der Waals surface area contributed by atoms with Gasteiger partial charge in [0.1, 0.15) is 12.4 Å². The van der Waals surface area contributed by atoms with Gasteiger partial charge in [-0.1, -0.05) is 24.3 Å². The Morgan fingerprint density at radius 2 is 1.79 bits per heavy atom. The minimum absolute atomic E-state index is 0.156. The maximum Gasteiger partial charge on any atom is 0.244 e. The second-order valence-corrected chi connectivity index (χ2v) is 6.42. The van der Waals surface area contributed by atoms with Gasteiger partial charge in [0.2, 0.25) is 11.8 Å². The number of rotatable bonds is 6. The van der Waals surface area contributed by atoms with Crippen LogP contribution in [0.25, 0.3) is 11.0 Å². The monoisotopic (exact) mass is 388 g/mol. The number of carbonyl (C=O) groups excluding carboxylic acids is 1. The van der Waals surface area contributed by atoms with E-state index in [1.54, 1.807) is 31.5 Å². The van der Waals surface area contributed by atoms with Crippen LogP contribution in [0.15, 0.2) is 66.9 Å². The molecular weight excluding hydrogens is 368 g/mol. The molecule has 1 N–H and O–H groups in total. The summed E-state index contributed by atoms with van der Waals surface area (Å²) in [4.78, 5) is 21.2. The van der Waals surface area contributed by atoms with Gasteiger partial charge in [-0.3, -0.25) is 4.79 Å². The molecule has 4 rings (SSSR count). The summed E-state index contributed by atoms with van der Waals surface area (Å²) in [6.07, 6.45) is 1.56. The van der Waals surface area contributed by atoms with Gasteiger partial charge in [0, 0.05) is 6.07 Å². The lowest BCUT2D eigenvalue weighted by Crippen LogP contribution is -2.19. The molecule has 0 saturated carbocycles. The van der Waals surface area contributed by atoms with Crippen molar-refractivity contribution in [1.29, 1.82) is 0 Å². The fraction of sp³-hybridized carbons (Fsp3) is 0.136. The van der Waals surface area contributed by atoms with Crippen molar-refractivity contribution in [2.75, 3.05) is 12.4 Å². The average molecular weight is 388 g/mol. The first kappa shape index (κ1) is 18.5. The van der Waals surface area contributed by atoms with Crippen molar-refractivity contribution in [2.45, 2.75) is 13.5 Å². The summed E-state index contributed by atoms with van der Waals surface area (Å²) in [5.41, 5.74) is 2.39. The first-order valence-corrected chi connectivity index (χ1v) is 9.12. The number of imidazole rings is 1. The summed E-state index contributed by atoms with van der Waals surface area (Å²) in [6.45, 7) is 2.06. The molecule has 0 saturated heterocycles. The van der Waals surface area contributed by atoms with E-state index in [2.05, 4.69) is 15.3 Å². The van der Waals surface area contributed by atoms with Crippen molar-refractivity contribution in [3.8, 4) is 17.4 Å². The van der Waals surface area contributed by atoms with E-state index in [-0.39, 0.29) is 12.5 Å². The number of amides is 1. The summed E-state index contributed by atoms with van der Waals surface area (Å²) in [5, 5.41) is 2.86. The van der Waals surface area contributed by atoms with Crippen LogP contribution in [0, 0.1) is 6.92 Å². The summed E-state index contributed by atoms with van der Waals surface area (Å²) < 4.78 is 12.9. The van der Waals surface area contributed by atoms with Crippen molar-refractivity contribution in [3.63, 3.8) is 0 Å². The summed E-state index contributed by atoms with van der Waals surface area (Å²) in [7, 11) is 1.58. The molecule has 7 heteroatoms. The first-order chi connectivity index (χ1) is 14.1. The number of hydrogen-bond acceptors (Lipinski definition) is 5. The fourth-order valence-electron chi connectivity index (χ4n) is 3.07. The number of methoxy groups -OCH3 is 1. The molecule has 4 aromatic rings. The molecule has 2 heterocycles. The summed E-state index contributed by atoms with van der Waals surface area (Å²) >= 11 is 0. The van der Waals surface area contributed by atoms with Gasteiger partial charge in [0.25, 0.3) is 0 Å². The maximum absolute atomic E-state index is 12.5. The number of para-hydroxylation sites is 4. The topological polar surface area (TPSA) is 78.3 Å². The standard InChI is InChI=1S/C22H20N4O3/c1-15-24-17-7-3-4-8-18(17)26(15)14-21(27)25-16-11-12-22(23-13-16)29-20-10-6-5-9-19(20)28-2/h3-13H,14H2,1-2H3,(H,25,27). The molecule has 2 aromatic carbocycles. The Balaban J connectivity index is 1.43. The van der Waals surface area contributed by atoms with Crippen LogP contribution < -0.4 is 14.8 Å². The molecule has 0 aliphatic rings. The summed E-state index contributed by atoms with van der Waals surface area (Å²) in [5.74, 6) is 2.23. The highest BCUT2D eigenvalue weighted by molar-refractivity contribution is 5.91. The van der Waals surface area contributed by atoms with E-state index in [9.17, 15) is 4.79 Å². The second kappa shape index (κ2) is 8.02. The lowest BCUT2D eigenvalue weighted by atomic mass is 10.3. The highest BCUT2D eigenvalue weighted by Gasteiger charge is 2.11. The zero-order valence-electron chi connectivity index (χ0n) is 16.1. The predicted molar refractivity (Wildman–Crippen MR) is 110 cm³/mol. The summed E-state index contributed by atoms with van der Waals surface area (Å²) in [6, 6.07) is 18.5. The number of aryl methyl sites for hydroxylation is 1. The number of aromatic nitrogens is 3. The zero-order valence-corrected chi connectivity index (χ0v) is 16.1. The number of nitrogens with one attached hydrogen (secondary N) is 1. The van der Waals surface area contributed by atoms with Crippen molar-refractivity contribution in [2.24, 2.45) is 0 Å². The minimum atomic E-state index is -0.156. The second-order valence-electron chi connectivity index (χ2n) is 6.42. The fourth-order valence-corrected chi connectivity index (χ4v) is 3.07. The van der Waals surface area contributed by atoms with Crippen LogP contribution in [0.1, 0.15) is 5.82 Å². The van der Waals surface area contributed by atoms with Gasteiger partial charge in [0.15, 0.2) is 11.5 Å². The third-order valence-corrected chi connectivity index (χ3v) is 4.45. The SMILES string of the molecule is COc1ccccc1Oc1ccc(NC(=O)Cn2c(C)nc3ccccc32)cn1. The zero-order chi connectivity index (χ0) is 20.2. The Morgan fingerprint density at radius 1 is 1.03 bits per heavy atom.